The zero-order valence-electron chi connectivity index (χ0n) is 10.8. The van der Waals surface area contributed by atoms with Crippen LogP contribution in [0, 0.1) is 18.3 Å². The van der Waals surface area contributed by atoms with E-state index in [0.29, 0.717) is 17.7 Å². The van der Waals surface area contributed by atoms with Gasteiger partial charge < -0.3 is 9.26 Å². The molecule has 0 bridgehead atoms. The summed E-state index contributed by atoms with van der Waals surface area (Å²) in [6.07, 6.45) is 5.06. The van der Waals surface area contributed by atoms with E-state index in [-0.39, 0.29) is 6.61 Å². The first-order valence-electron chi connectivity index (χ1n) is 5.68. The van der Waals surface area contributed by atoms with Crippen LogP contribution in [0.15, 0.2) is 10.6 Å². The van der Waals surface area contributed by atoms with E-state index in [1.54, 1.807) is 6.07 Å². The van der Waals surface area contributed by atoms with Gasteiger partial charge in [0.1, 0.15) is 5.76 Å². The van der Waals surface area contributed by atoms with Crippen molar-refractivity contribution in [2.24, 2.45) is 5.92 Å². The Hall–Kier alpha value is -1.43. The fourth-order valence-electron chi connectivity index (χ4n) is 0.999. The van der Waals surface area contributed by atoms with Gasteiger partial charge in [0.05, 0.1) is 0 Å². The molecule has 0 radical (unpaired) electrons. The molecule has 0 aliphatic heterocycles. The number of hydrogen-bond acceptors (Lipinski definition) is 3. The van der Waals surface area contributed by atoms with Gasteiger partial charge in [0.25, 0.3) is 5.88 Å². The average molecular weight is 223 g/mol. The SMILES string of the molecule is C#CCOc1cc(C(C)C(C)C)on1.CC. The lowest BCUT2D eigenvalue weighted by Crippen LogP contribution is -2.00. The average Bonchev–Trinajstić information content (AvgIpc) is 2.76. The third kappa shape index (κ3) is 4.39. The maximum Gasteiger partial charge on any atom is 0.255 e. The van der Waals surface area contributed by atoms with Crippen LogP contribution in [-0.2, 0) is 0 Å². The lowest BCUT2D eigenvalue weighted by atomic mass is 9.96. The van der Waals surface area contributed by atoms with Crippen LogP contribution in [0.1, 0.15) is 46.3 Å². The summed E-state index contributed by atoms with van der Waals surface area (Å²) >= 11 is 0. The third-order valence-corrected chi connectivity index (χ3v) is 2.26. The molecule has 1 heterocycles. The number of ether oxygens (including phenoxy) is 1. The van der Waals surface area contributed by atoms with E-state index >= 15 is 0 Å². The van der Waals surface area contributed by atoms with Crippen LogP contribution in [0.4, 0.5) is 0 Å². The Labute approximate surface area is 98.2 Å². The number of aromatic nitrogens is 1. The van der Waals surface area contributed by atoms with Crippen molar-refractivity contribution in [2.45, 2.75) is 40.5 Å². The molecule has 1 aromatic heterocycles. The van der Waals surface area contributed by atoms with Gasteiger partial charge in [-0.2, -0.15) is 0 Å². The van der Waals surface area contributed by atoms with Crippen LogP contribution in [0.25, 0.3) is 0 Å². The van der Waals surface area contributed by atoms with E-state index in [1.165, 1.54) is 0 Å². The molecule has 1 unspecified atom stereocenters. The molecule has 0 fully saturated rings. The van der Waals surface area contributed by atoms with Crippen molar-refractivity contribution >= 4 is 0 Å². The Morgan fingerprint density at radius 1 is 1.44 bits per heavy atom. The zero-order chi connectivity index (χ0) is 12.6. The molecule has 16 heavy (non-hydrogen) atoms. The molecule has 0 aliphatic carbocycles. The molecule has 0 aromatic carbocycles. The van der Waals surface area contributed by atoms with E-state index < -0.39 is 0 Å². The highest BCUT2D eigenvalue weighted by atomic mass is 16.5. The van der Waals surface area contributed by atoms with Crippen molar-refractivity contribution in [1.82, 2.24) is 5.16 Å². The van der Waals surface area contributed by atoms with Crippen molar-refractivity contribution in [3.63, 3.8) is 0 Å². The number of nitrogens with zero attached hydrogens (tertiary/aromatic N) is 1. The van der Waals surface area contributed by atoms with E-state index in [2.05, 4.69) is 31.8 Å². The topological polar surface area (TPSA) is 35.3 Å². The molecule has 0 saturated carbocycles. The predicted molar refractivity (Wildman–Crippen MR) is 65.4 cm³/mol. The van der Waals surface area contributed by atoms with Crippen molar-refractivity contribution < 1.29 is 9.26 Å². The Balaban J connectivity index is 0.00000106. The summed E-state index contributed by atoms with van der Waals surface area (Å²) < 4.78 is 10.3. The van der Waals surface area contributed by atoms with Crippen LogP contribution < -0.4 is 4.74 Å². The Morgan fingerprint density at radius 3 is 2.56 bits per heavy atom. The van der Waals surface area contributed by atoms with Crippen LogP contribution in [0.5, 0.6) is 5.88 Å². The molecule has 0 spiro atoms. The van der Waals surface area contributed by atoms with Gasteiger partial charge in [-0.25, -0.2) is 0 Å². The minimum Gasteiger partial charge on any atom is -0.462 e. The molecule has 0 amide bonds. The van der Waals surface area contributed by atoms with Crippen molar-refractivity contribution in [3.05, 3.63) is 11.8 Å². The van der Waals surface area contributed by atoms with Gasteiger partial charge in [-0.3, -0.25) is 0 Å². The Morgan fingerprint density at radius 2 is 2.06 bits per heavy atom. The van der Waals surface area contributed by atoms with Gasteiger partial charge in [-0.1, -0.05) is 40.5 Å². The quantitative estimate of drug-likeness (QED) is 0.733. The molecule has 0 saturated heterocycles. The van der Waals surface area contributed by atoms with E-state index in [0.717, 1.165) is 5.76 Å². The first kappa shape index (κ1) is 14.6. The van der Waals surface area contributed by atoms with E-state index in [4.69, 9.17) is 15.7 Å². The highest BCUT2D eigenvalue weighted by molar-refractivity contribution is 5.15. The molecule has 0 N–H and O–H groups in total. The van der Waals surface area contributed by atoms with Crippen LogP contribution in [-0.4, -0.2) is 11.8 Å². The summed E-state index contributed by atoms with van der Waals surface area (Å²) in [5.74, 6) is 4.53. The molecule has 90 valence electrons. The summed E-state index contributed by atoms with van der Waals surface area (Å²) in [4.78, 5) is 0. The van der Waals surface area contributed by atoms with Gasteiger partial charge in [-0.05, 0) is 11.1 Å². The van der Waals surface area contributed by atoms with Crippen LogP contribution in [0.3, 0.4) is 0 Å². The van der Waals surface area contributed by atoms with Gasteiger partial charge in [0, 0.05) is 12.0 Å². The maximum absolute atomic E-state index is 5.14. The first-order chi connectivity index (χ1) is 7.65. The first-order valence-corrected chi connectivity index (χ1v) is 5.68. The normalized spacial score (nSPS) is 11.3. The van der Waals surface area contributed by atoms with Crippen LogP contribution >= 0.6 is 0 Å². The van der Waals surface area contributed by atoms with Crippen LogP contribution in [0.2, 0.25) is 0 Å². The monoisotopic (exact) mass is 223 g/mol. The molecule has 3 nitrogen and oxygen atoms in total. The molecule has 0 aliphatic rings. The lowest BCUT2D eigenvalue weighted by molar-refractivity contribution is 0.294. The Kier molecular flexibility index (Phi) is 7.11. The van der Waals surface area contributed by atoms with E-state index in [9.17, 15) is 0 Å². The summed E-state index contributed by atoms with van der Waals surface area (Å²) in [6, 6.07) is 1.79. The number of terminal acetylenes is 1. The molecular formula is C13H21NO2. The van der Waals surface area contributed by atoms with E-state index in [1.807, 2.05) is 13.8 Å². The maximum atomic E-state index is 5.14. The third-order valence-electron chi connectivity index (χ3n) is 2.26. The minimum atomic E-state index is 0.224. The zero-order valence-corrected chi connectivity index (χ0v) is 10.8. The molecule has 1 atom stereocenters. The highest BCUT2D eigenvalue weighted by Gasteiger charge is 2.15. The highest BCUT2D eigenvalue weighted by Crippen LogP contribution is 2.26. The van der Waals surface area contributed by atoms with Gasteiger partial charge in [0.15, 0.2) is 6.61 Å². The molecule has 3 heteroatoms. The fraction of sp³-hybridized carbons (Fsp3) is 0.615. The summed E-state index contributed by atoms with van der Waals surface area (Å²) in [7, 11) is 0. The van der Waals surface area contributed by atoms with Crippen molar-refractivity contribution in [2.75, 3.05) is 6.61 Å². The van der Waals surface area contributed by atoms with Crippen molar-refractivity contribution in [3.8, 4) is 18.2 Å². The molecular weight excluding hydrogens is 202 g/mol. The summed E-state index contributed by atoms with van der Waals surface area (Å²) in [5, 5.41) is 3.76. The van der Waals surface area contributed by atoms with Crippen molar-refractivity contribution in [1.29, 1.82) is 0 Å². The number of rotatable bonds is 4. The lowest BCUT2D eigenvalue weighted by Gasteiger charge is -2.10. The second-order valence-electron chi connectivity index (χ2n) is 3.59. The predicted octanol–water partition coefficient (Wildman–Crippen LogP) is 3.47. The van der Waals surface area contributed by atoms with Gasteiger partial charge >= 0.3 is 0 Å². The summed E-state index contributed by atoms with van der Waals surface area (Å²) in [5.41, 5.74) is 0. The number of hydrogen-bond donors (Lipinski definition) is 0. The van der Waals surface area contributed by atoms with Gasteiger partial charge in [-0.15, -0.1) is 6.42 Å². The fourth-order valence-corrected chi connectivity index (χ4v) is 0.999. The second kappa shape index (κ2) is 7.81. The largest absolute Gasteiger partial charge is 0.462 e. The molecule has 1 aromatic rings. The molecule has 1 rings (SSSR count). The minimum absolute atomic E-state index is 0.224. The summed E-state index contributed by atoms with van der Waals surface area (Å²) in [6.45, 7) is 10.6. The standard InChI is InChI=1S/C11H15NO2.C2H6/c1-5-6-13-11-7-10(14-12-11)9(4)8(2)3;1-2/h1,7-9H,6H2,2-4H3;1-2H3. The van der Waals surface area contributed by atoms with Gasteiger partial charge in [0.2, 0.25) is 0 Å². The Bertz CT molecular complexity index is 323. The second-order valence-corrected chi connectivity index (χ2v) is 3.59. The smallest absolute Gasteiger partial charge is 0.255 e.